The Kier molecular flexibility index (Phi) is 6.44. The maximum absolute atomic E-state index is 12.8. The zero-order valence-corrected chi connectivity index (χ0v) is 17.5. The molecule has 0 saturated carbocycles. The molecule has 1 saturated heterocycles. The maximum atomic E-state index is 12.8. The molecule has 0 unspecified atom stereocenters. The second-order valence-electron chi connectivity index (χ2n) is 6.88. The van der Waals surface area contributed by atoms with Crippen LogP contribution >= 0.6 is 11.6 Å². The van der Waals surface area contributed by atoms with E-state index in [4.69, 9.17) is 11.6 Å². The third kappa shape index (κ3) is 5.27. The van der Waals surface area contributed by atoms with Gasteiger partial charge in [0.05, 0.1) is 5.69 Å². The fourth-order valence-electron chi connectivity index (χ4n) is 3.22. The monoisotopic (exact) mass is 435 g/mol. The van der Waals surface area contributed by atoms with Gasteiger partial charge in [-0.05, 0) is 49.2 Å². The van der Waals surface area contributed by atoms with Crippen LogP contribution in [0.4, 0.5) is 11.4 Å². The number of piperidine rings is 1. The highest BCUT2D eigenvalue weighted by molar-refractivity contribution is 7.92. The highest BCUT2D eigenvalue weighted by Crippen LogP contribution is 2.26. The van der Waals surface area contributed by atoms with Crippen molar-refractivity contribution in [3.8, 4) is 0 Å². The molecule has 0 bridgehead atoms. The number of carbonyl (C=O) groups is 2. The number of para-hydroxylation sites is 1. The van der Waals surface area contributed by atoms with Gasteiger partial charge in [0.2, 0.25) is 11.8 Å². The van der Waals surface area contributed by atoms with E-state index < -0.39 is 10.0 Å². The minimum Gasteiger partial charge on any atom is -0.343 e. The number of nitrogens with zero attached hydrogens (tertiary/aromatic N) is 1. The summed E-state index contributed by atoms with van der Waals surface area (Å²) in [6, 6.07) is 12.5. The highest BCUT2D eigenvalue weighted by atomic mass is 35.5. The fourth-order valence-corrected chi connectivity index (χ4v) is 4.57. The summed E-state index contributed by atoms with van der Waals surface area (Å²) in [4.78, 5) is 25.8. The lowest BCUT2D eigenvalue weighted by Gasteiger charge is -2.30. The van der Waals surface area contributed by atoms with Crippen LogP contribution in [0.2, 0.25) is 5.02 Å². The van der Waals surface area contributed by atoms with Gasteiger partial charge in [0.25, 0.3) is 10.0 Å². The number of anilines is 2. The van der Waals surface area contributed by atoms with Crippen LogP contribution in [0.3, 0.4) is 0 Å². The van der Waals surface area contributed by atoms with Crippen molar-refractivity contribution in [3.63, 3.8) is 0 Å². The van der Waals surface area contributed by atoms with Gasteiger partial charge in [-0.3, -0.25) is 14.3 Å². The lowest BCUT2D eigenvalue weighted by molar-refractivity contribution is -0.132. The molecule has 2 N–H and O–H groups in total. The molecule has 0 aromatic heterocycles. The van der Waals surface area contributed by atoms with Gasteiger partial charge >= 0.3 is 0 Å². The van der Waals surface area contributed by atoms with Gasteiger partial charge in [0, 0.05) is 36.6 Å². The Morgan fingerprint density at radius 2 is 1.66 bits per heavy atom. The van der Waals surface area contributed by atoms with Crippen LogP contribution in [-0.2, 0) is 19.6 Å². The summed E-state index contributed by atoms with van der Waals surface area (Å²) >= 11 is 5.84. The summed E-state index contributed by atoms with van der Waals surface area (Å²) in [5.74, 6) is -0.526. The molecular formula is C20H22ClN3O4S. The van der Waals surface area contributed by atoms with Crippen LogP contribution in [0.1, 0.15) is 19.8 Å². The number of halogens is 1. The first kappa shape index (κ1) is 21.1. The SMILES string of the molecule is CC(=O)N1CCC(C(=O)Nc2ccccc2S(=O)(=O)Nc2ccc(Cl)cc2)CC1. The molecular weight excluding hydrogens is 414 g/mol. The van der Waals surface area contributed by atoms with Crippen molar-refractivity contribution in [2.75, 3.05) is 23.1 Å². The minimum atomic E-state index is -3.91. The zero-order chi connectivity index (χ0) is 21.0. The van der Waals surface area contributed by atoms with E-state index in [0.717, 1.165) is 0 Å². The Morgan fingerprint density at radius 1 is 1.03 bits per heavy atom. The lowest BCUT2D eigenvalue weighted by Crippen LogP contribution is -2.40. The second-order valence-corrected chi connectivity index (χ2v) is 8.97. The minimum absolute atomic E-state index is 0.00595. The van der Waals surface area contributed by atoms with Crippen molar-refractivity contribution in [1.29, 1.82) is 0 Å². The Labute approximate surface area is 175 Å². The number of carbonyl (C=O) groups excluding carboxylic acids is 2. The first-order valence-electron chi connectivity index (χ1n) is 9.20. The topological polar surface area (TPSA) is 95.6 Å². The van der Waals surface area contributed by atoms with Crippen molar-refractivity contribution in [3.05, 3.63) is 53.6 Å². The first-order valence-corrected chi connectivity index (χ1v) is 11.1. The number of nitrogens with one attached hydrogen (secondary N) is 2. The molecule has 1 fully saturated rings. The quantitative estimate of drug-likeness (QED) is 0.752. The molecule has 2 amide bonds. The van der Waals surface area contributed by atoms with Crippen LogP contribution < -0.4 is 10.0 Å². The first-order chi connectivity index (χ1) is 13.8. The van der Waals surface area contributed by atoms with Gasteiger partial charge < -0.3 is 10.2 Å². The number of rotatable bonds is 5. The summed E-state index contributed by atoms with van der Waals surface area (Å²) in [5.41, 5.74) is 0.583. The van der Waals surface area contributed by atoms with E-state index in [1.165, 1.54) is 13.0 Å². The van der Waals surface area contributed by atoms with E-state index in [-0.39, 0.29) is 28.3 Å². The summed E-state index contributed by atoms with van der Waals surface area (Å²) in [7, 11) is -3.91. The second kappa shape index (κ2) is 8.84. The smallest absolute Gasteiger partial charge is 0.263 e. The molecule has 0 aliphatic carbocycles. The average molecular weight is 436 g/mol. The third-order valence-corrected chi connectivity index (χ3v) is 6.53. The lowest BCUT2D eigenvalue weighted by atomic mass is 9.96. The van der Waals surface area contributed by atoms with Crippen molar-refractivity contribution in [1.82, 2.24) is 4.90 Å². The van der Waals surface area contributed by atoms with Crippen molar-refractivity contribution in [2.24, 2.45) is 5.92 Å². The Bertz CT molecular complexity index is 1000. The molecule has 29 heavy (non-hydrogen) atoms. The average Bonchev–Trinajstić information content (AvgIpc) is 2.70. The predicted molar refractivity (Wildman–Crippen MR) is 112 cm³/mol. The molecule has 154 valence electrons. The number of benzene rings is 2. The molecule has 0 radical (unpaired) electrons. The van der Waals surface area contributed by atoms with Gasteiger partial charge in [0.15, 0.2) is 0 Å². The summed E-state index contributed by atoms with van der Waals surface area (Å²) in [5, 5.41) is 3.24. The molecule has 1 heterocycles. The summed E-state index contributed by atoms with van der Waals surface area (Å²) in [6.45, 7) is 2.55. The van der Waals surface area contributed by atoms with Crippen LogP contribution in [0.5, 0.6) is 0 Å². The number of amides is 2. The van der Waals surface area contributed by atoms with E-state index in [1.807, 2.05) is 0 Å². The Hall–Kier alpha value is -2.58. The molecule has 0 spiro atoms. The highest BCUT2D eigenvalue weighted by Gasteiger charge is 2.27. The number of sulfonamides is 1. The summed E-state index contributed by atoms with van der Waals surface area (Å²) < 4.78 is 28.2. The summed E-state index contributed by atoms with van der Waals surface area (Å²) in [6.07, 6.45) is 1.09. The Balaban J connectivity index is 1.74. The zero-order valence-electron chi connectivity index (χ0n) is 15.9. The number of hydrogen-bond acceptors (Lipinski definition) is 4. The molecule has 9 heteroatoms. The van der Waals surface area contributed by atoms with Crippen molar-refractivity contribution >= 4 is 44.8 Å². The van der Waals surface area contributed by atoms with Crippen LogP contribution in [0.25, 0.3) is 0 Å². The van der Waals surface area contributed by atoms with Crippen molar-refractivity contribution < 1.29 is 18.0 Å². The largest absolute Gasteiger partial charge is 0.343 e. The van der Waals surface area contributed by atoms with Crippen molar-refractivity contribution in [2.45, 2.75) is 24.7 Å². The van der Waals surface area contributed by atoms with E-state index in [1.54, 1.807) is 47.4 Å². The van der Waals surface area contributed by atoms with E-state index >= 15 is 0 Å². The molecule has 2 aromatic rings. The van der Waals surface area contributed by atoms with Gasteiger partial charge in [-0.2, -0.15) is 0 Å². The molecule has 7 nitrogen and oxygen atoms in total. The number of likely N-dealkylation sites (tertiary alicyclic amines) is 1. The van der Waals surface area contributed by atoms with Gasteiger partial charge in [0.1, 0.15) is 4.90 Å². The van der Waals surface area contributed by atoms with Crippen LogP contribution in [-0.4, -0.2) is 38.2 Å². The standard InChI is InChI=1S/C20H22ClN3O4S/c1-14(25)24-12-10-15(11-13-24)20(26)22-18-4-2-3-5-19(18)29(27,28)23-17-8-6-16(21)7-9-17/h2-9,15,23H,10-13H2,1H3,(H,22,26). The fraction of sp³-hybridized carbons (Fsp3) is 0.300. The molecule has 2 aromatic carbocycles. The maximum Gasteiger partial charge on any atom is 0.263 e. The van der Waals surface area contributed by atoms with Crippen LogP contribution in [0.15, 0.2) is 53.4 Å². The predicted octanol–water partition coefficient (Wildman–Crippen LogP) is 3.34. The van der Waals surface area contributed by atoms with Gasteiger partial charge in [-0.15, -0.1) is 0 Å². The Morgan fingerprint density at radius 3 is 2.28 bits per heavy atom. The van der Waals surface area contributed by atoms with E-state index in [2.05, 4.69) is 10.0 Å². The molecule has 1 aliphatic rings. The van der Waals surface area contributed by atoms with E-state index in [0.29, 0.717) is 36.6 Å². The van der Waals surface area contributed by atoms with Gasteiger partial charge in [-0.1, -0.05) is 23.7 Å². The van der Waals surface area contributed by atoms with Crippen LogP contribution in [0, 0.1) is 5.92 Å². The molecule has 3 rings (SSSR count). The number of hydrogen-bond donors (Lipinski definition) is 2. The molecule has 1 aliphatic heterocycles. The van der Waals surface area contributed by atoms with Gasteiger partial charge in [-0.25, -0.2) is 8.42 Å². The third-order valence-electron chi connectivity index (χ3n) is 4.84. The van der Waals surface area contributed by atoms with E-state index in [9.17, 15) is 18.0 Å². The normalized spacial score (nSPS) is 15.0. The molecule has 0 atom stereocenters.